The van der Waals surface area contributed by atoms with E-state index in [9.17, 15) is 28.8 Å². The highest BCUT2D eigenvalue weighted by Gasteiger charge is 2.29. The number of hydrogen-bond donors (Lipinski definition) is 5. The number of benzene rings is 1. The summed E-state index contributed by atoms with van der Waals surface area (Å²) in [5, 5.41) is 11.0. The monoisotopic (exact) mass is 620 g/mol. The lowest BCUT2D eigenvalue weighted by Gasteiger charge is -2.35. The maximum Gasteiger partial charge on any atom is 0.243 e. The Labute approximate surface area is 261 Å². The van der Waals surface area contributed by atoms with Gasteiger partial charge in [-0.1, -0.05) is 30.3 Å². The molecule has 13 heteroatoms. The molecule has 5 atom stereocenters. The fourth-order valence-electron chi connectivity index (χ4n) is 5.64. The SMILES string of the molecule is NC(=O)[C@@H]1CCNC(=O)/C=C\[C@@H](C=O)[N@]2CCC[C@H](CC(=O)N[C@@H](Cc3ccco3)C(=O)NCc3ccccc3CC(=O)N1)C2. The standard InChI is InChI=1S/C32H40N6O7/c33-31(43)26-11-12-34-28(40)10-9-24(20-39)38-13-3-5-21(19-38)15-29(41)37-27(17-25-8-4-14-45-25)32(44)35-18-23-7-2-1-6-22(23)16-30(42)36-26/h1-2,4,6-10,14,20-21,24,26-27H,3,5,11-13,15-19H2,(H2,33,43)(H,34,40)(H,35,44)(H,36,42)(H,37,41)/b10-9-/t21-,24+,26+,27+/m1/s1. The van der Waals surface area contributed by atoms with Gasteiger partial charge in [-0.15, -0.1) is 0 Å². The second kappa shape index (κ2) is 16.3. The van der Waals surface area contributed by atoms with Crippen molar-refractivity contribution in [2.24, 2.45) is 11.7 Å². The first kappa shape index (κ1) is 33.1. The zero-order valence-corrected chi connectivity index (χ0v) is 25.0. The fourth-order valence-corrected chi connectivity index (χ4v) is 5.64. The summed E-state index contributed by atoms with van der Waals surface area (Å²) in [4.78, 5) is 77.8. The van der Waals surface area contributed by atoms with E-state index in [1.807, 2.05) is 4.90 Å². The molecule has 6 N–H and O–H groups in total. The molecule has 0 unspecified atom stereocenters. The lowest BCUT2D eigenvalue weighted by molar-refractivity contribution is -0.129. The van der Waals surface area contributed by atoms with E-state index < -0.39 is 41.8 Å². The van der Waals surface area contributed by atoms with Gasteiger partial charge in [0, 0.05) is 38.6 Å². The van der Waals surface area contributed by atoms with Gasteiger partial charge in [-0.05, 0) is 55.0 Å². The highest BCUT2D eigenvalue weighted by Crippen LogP contribution is 2.22. The zero-order chi connectivity index (χ0) is 32.2. The minimum atomic E-state index is -1.02. The zero-order valence-electron chi connectivity index (χ0n) is 25.0. The van der Waals surface area contributed by atoms with Gasteiger partial charge in [0.1, 0.15) is 24.1 Å². The highest BCUT2D eigenvalue weighted by molar-refractivity contribution is 5.90. The molecule has 1 aromatic heterocycles. The molecule has 4 rings (SSSR count). The first-order valence-corrected chi connectivity index (χ1v) is 15.1. The van der Waals surface area contributed by atoms with Crippen molar-refractivity contribution in [2.45, 2.75) is 63.2 Å². The third kappa shape index (κ3) is 10.1. The molecule has 1 saturated heterocycles. The number of nitrogens with one attached hydrogen (secondary N) is 4. The van der Waals surface area contributed by atoms with Crippen LogP contribution in [0.15, 0.2) is 59.2 Å². The first-order chi connectivity index (χ1) is 21.7. The number of aldehydes is 1. The quantitative estimate of drug-likeness (QED) is 0.292. The normalized spacial score (nSPS) is 26.6. The fraction of sp³-hybridized carbons (Fsp3) is 0.438. The number of hydrogen-bond acceptors (Lipinski definition) is 8. The summed E-state index contributed by atoms with van der Waals surface area (Å²) in [7, 11) is 0. The Kier molecular flexibility index (Phi) is 12.0. The number of fused-ring (bicyclic) bond motifs is 3. The molecule has 2 aliphatic rings. The number of furan rings is 1. The van der Waals surface area contributed by atoms with Crippen molar-refractivity contribution in [3.05, 3.63) is 71.7 Å². The van der Waals surface area contributed by atoms with Crippen LogP contribution in [0.1, 0.15) is 42.6 Å². The molecular formula is C32H40N6O7. The smallest absolute Gasteiger partial charge is 0.243 e. The number of primary amides is 1. The third-order valence-corrected chi connectivity index (χ3v) is 8.00. The molecule has 2 bridgehead atoms. The predicted octanol–water partition coefficient (Wildman–Crippen LogP) is -0.118. The summed E-state index contributed by atoms with van der Waals surface area (Å²) in [5.74, 6) is -1.91. The maximum atomic E-state index is 13.4. The van der Waals surface area contributed by atoms with Crippen molar-refractivity contribution < 1.29 is 33.2 Å². The average Bonchev–Trinajstić information content (AvgIpc) is 3.53. The Morgan fingerprint density at radius 2 is 1.80 bits per heavy atom. The van der Waals surface area contributed by atoms with Crippen LogP contribution >= 0.6 is 0 Å². The van der Waals surface area contributed by atoms with Gasteiger partial charge in [0.25, 0.3) is 0 Å². The third-order valence-electron chi connectivity index (χ3n) is 8.00. The van der Waals surface area contributed by atoms with Crippen LogP contribution in [-0.2, 0) is 48.2 Å². The number of carbonyl (C=O) groups excluding carboxylic acids is 6. The van der Waals surface area contributed by atoms with Gasteiger partial charge in [0.15, 0.2) is 0 Å². The van der Waals surface area contributed by atoms with Crippen LogP contribution in [0.2, 0.25) is 0 Å². The Bertz CT molecular complexity index is 1390. The largest absolute Gasteiger partial charge is 0.469 e. The van der Waals surface area contributed by atoms with Gasteiger partial charge in [0.2, 0.25) is 29.5 Å². The number of nitrogens with two attached hydrogens (primary N) is 1. The van der Waals surface area contributed by atoms with Crippen LogP contribution in [-0.4, -0.2) is 78.5 Å². The van der Waals surface area contributed by atoms with Crippen LogP contribution < -0.4 is 27.0 Å². The molecule has 0 spiro atoms. The average molecular weight is 621 g/mol. The topological polar surface area (TPSA) is 193 Å². The number of carbonyl (C=O) groups is 6. The molecule has 0 radical (unpaired) electrons. The molecule has 13 nitrogen and oxygen atoms in total. The highest BCUT2D eigenvalue weighted by atomic mass is 16.3. The second-order valence-electron chi connectivity index (χ2n) is 11.4. The van der Waals surface area contributed by atoms with Crippen molar-refractivity contribution >= 4 is 35.8 Å². The lowest BCUT2D eigenvalue weighted by Crippen LogP contribution is -2.49. The van der Waals surface area contributed by atoms with Gasteiger partial charge in [0.05, 0.1) is 18.7 Å². The molecule has 1 fully saturated rings. The van der Waals surface area contributed by atoms with Crippen LogP contribution in [0.3, 0.4) is 0 Å². The van der Waals surface area contributed by atoms with Crippen molar-refractivity contribution in [2.75, 3.05) is 19.6 Å². The maximum absolute atomic E-state index is 13.4. The van der Waals surface area contributed by atoms with Crippen molar-refractivity contribution in [3.8, 4) is 0 Å². The van der Waals surface area contributed by atoms with Crippen LogP contribution in [0.25, 0.3) is 0 Å². The van der Waals surface area contributed by atoms with Gasteiger partial charge in [-0.25, -0.2) is 0 Å². The minimum absolute atomic E-state index is 0.0555. The van der Waals surface area contributed by atoms with E-state index in [0.717, 1.165) is 19.1 Å². The lowest BCUT2D eigenvalue weighted by atomic mass is 9.93. The van der Waals surface area contributed by atoms with E-state index in [1.54, 1.807) is 36.4 Å². The molecule has 45 heavy (non-hydrogen) atoms. The van der Waals surface area contributed by atoms with Gasteiger partial charge >= 0.3 is 0 Å². The Balaban J connectivity index is 1.56. The van der Waals surface area contributed by atoms with Gasteiger partial charge in [-0.3, -0.25) is 28.9 Å². The van der Waals surface area contributed by atoms with Crippen LogP contribution in [0.5, 0.6) is 0 Å². The minimum Gasteiger partial charge on any atom is -0.469 e. The van der Waals surface area contributed by atoms with Gasteiger partial charge < -0.3 is 36.2 Å². The van der Waals surface area contributed by atoms with E-state index in [4.69, 9.17) is 10.2 Å². The molecule has 0 aliphatic carbocycles. The molecular weight excluding hydrogens is 580 g/mol. The molecule has 2 aromatic rings. The van der Waals surface area contributed by atoms with E-state index in [-0.39, 0.29) is 50.6 Å². The Hall–Kier alpha value is -4.78. The second-order valence-corrected chi connectivity index (χ2v) is 11.4. The summed E-state index contributed by atoms with van der Waals surface area (Å²) in [6.45, 7) is 1.24. The summed E-state index contributed by atoms with van der Waals surface area (Å²) < 4.78 is 5.44. The summed E-state index contributed by atoms with van der Waals surface area (Å²) >= 11 is 0. The molecule has 1 aromatic carbocycles. The first-order valence-electron chi connectivity index (χ1n) is 15.1. The molecule has 3 heterocycles. The van der Waals surface area contributed by atoms with Crippen molar-refractivity contribution in [1.29, 1.82) is 0 Å². The molecule has 5 amide bonds. The van der Waals surface area contributed by atoms with E-state index >= 15 is 0 Å². The predicted molar refractivity (Wildman–Crippen MR) is 163 cm³/mol. The van der Waals surface area contributed by atoms with Crippen molar-refractivity contribution in [1.82, 2.24) is 26.2 Å². The van der Waals surface area contributed by atoms with Crippen LogP contribution in [0, 0.1) is 5.92 Å². The van der Waals surface area contributed by atoms with Crippen LogP contribution in [0.4, 0.5) is 0 Å². The molecule has 2 aliphatic heterocycles. The Morgan fingerprint density at radius 3 is 2.53 bits per heavy atom. The summed E-state index contributed by atoms with van der Waals surface area (Å²) in [6.07, 6.45) is 6.82. The van der Waals surface area contributed by atoms with Crippen molar-refractivity contribution in [3.63, 3.8) is 0 Å². The number of amides is 5. The van der Waals surface area contributed by atoms with E-state index in [0.29, 0.717) is 30.0 Å². The number of nitrogens with zero attached hydrogens (tertiary/aromatic N) is 1. The van der Waals surface area contributed by atoms with E-state index in [2.05, 4.69) is 21.3 Å². The number of rotatable bonds is 4. The summed E-state index contributed by atoms with van der Waals surface area (Å²) in [6, 6.07) is 7.89. The van der Waals surface area contributed by atoms with Gasteiger partial charge in [-0.2, -0.15) is 0 Å². The summed E-state index contributed by atoms with van der Waals surface area (Å²) in [5.41, 5.74) is 6.83. The van der Waals surface area contributed by atoms with E-state index in [1.165, 1.54) is 18.4 Å². The Morgan fingerprint density at radius 1 is 1.00 bits per heavy atom. The molecule has 0 saturated carbocycles. The molecule has 240 valence electrons. The number of piperidine rings is 1.